The number of benzene rings is 2. The highest BCUT2D eigenvalue weighted by atomic mass is 35.5. The summed E-state index contributed by atoms with van der Waals surface area (Å²) in [6.07, 6.45) is 0.974. The van der Waals surface area contributed by atoms with Crippen LogP contribution in [-0.4, -0.2) is 56.3 Å². The number of ether oxygens (including phenoxy) is 1. The second-order valence-corrected chi connectivity index (χ2v) is 9.38. The number of sulfonamides is 1. The van der Waals surface area contributed by atoms with Crippen LogP contribution >= 0.6 is 11.6 Å². The zero-order chi connectivity index (χ0) is 20.9. The molecule has 6 nitrogen and oxygen atoms in total. The molecule has 3 rings (SSSR count). The topological polar surface area (TPSA) is 66.9 Å². The van der Waals surface area contributed by atoms with E-state index in [1.54, 1.807) is 53.4 Å². The fourth-order valence-corrected chi connectivity index (χ4v) is 4.69. The zero-order valence-electron chi connectivity index (χ0n) is 16.4. The van der Waals surface area contributed by atoms with Gasteiger partial charge in [0.25, 0.3) is 0 Å². The molecule has 1 heterocycles. The standard InChI is InChI=1S/C21H25ClN2O4S/c1-17-4-10-20(11-5-17)29(26,27)24-14-12-23(13-15-24)21(25)3-2-16-28-19-8-6-18(22)7-9-19/h4-11H,2-3,12-16H2,1H3. The smallest absolute Gasteiger partial charge is 0.243 e. The molecule has 0 saturated carbocycles. The highest BCUT2D eigenvalue weighted by Gasteiger charge is 2.29. The molecule has 1 fully saturated rings. The SMILES string of the molecule is Cc1ccc(S(=O)(=O)N2CCN(C(=O)CCCOc3ccc(Cl)cc3)CC2)cc1. The number of hydrogen-bond acceptors (Lipinski definition) is 4. The third kappa shape index (κ3) is 5.72. The molecule has 0 aliphatic carbocycles. The van der Waals surface area contributed by atoms with Crippen LogP contribution in [0.4, 0.5) is 0 Å². The molecule has 0 aromatic heterocycles. The number of nitrogens with zero attached hydrogens (tertiary/aromatic N) is 2. The number of carbonyl (C=O) groups is 1. The van der Waals surface area contributed by atoms with Crippen molar-refractivity contribution in [3.05, 3.63) is 59.1 Å². The molecule has 0 spiro atoms. The largest absolute Gasteiger partial charge is 0.494 e. The number of carbonyl (C=O) groups excluding carboxylic acids is 1. The maximum atomic E-state index is 12.7. The van der Waals surface area contributed by atoms with Gasteiger partial charge < -0.3 is 9.64 Å². The third-order valence-corrected chi connectivity index (χ3v) is 7.03. The molecular weight excluding hydrogens is 412 g/mol. The third-order valence-electron chi connectivity index (χ3n) is 4.87. The number of rotatable bonds is 7. The molecule has 0 atom stereocenters. The minimum absolute atomic E-state index is 0.0251. The van der Waals surface area contributed by atoms with Crippen molar-refractivity contribution in [2.24, 2.45) is 0 Å². The molecule has 0 bridgehead atoms. The molecule has 1 saturated heterocycles. The quantitative estimate of drug-likeness (QED) is 0.624. The van der Waals surface area contributed by atoms with Gasteiger partial charge in [0, 0.05) is 37.6 Å². The van der Waals surface area contributed by atoms with Gasteiger partial charge in [-0.05, 0) is 49.7 Å². The minimum Gasteiger partial charge on any atom is -0.494 e. The molecular formula is C21H25ClN2O4S. The summed E-state index contributed by atoms with van der Waals surface area (Å²) in [7, 11) is -3.52. The average Bonchev–Trinajstić information content (AvgIpc) is 2.73. The van der Waals surface area contributed by atoms with Crippen molar-refractivity contribution in [3.63, 3.8) is 0 Å². The lowest BCUT2D eigenvalue weighted by Crippen LogP contribution is -2.50. The van der Waals surface area contributed by atoms with E-state index in [-0.39, 0.29) is 5.91 Å². The van der Waals surface area contributed by atoms with Crippen molar-refractivity contribution in [2.45, 2.75) is 24.7 Å². The Hall–Kier alpha value is -2.09. The molecule has 1 aliphatic heterocycles. The van der Waals surface area contributed by atoms with E-state index in [2.05, 4.69) is 0 Å². The Labute approximate surface area is 177 Å². The molecule has 0 radical (unpaired) electrons. The van der Waals surface area contributed by atoms with Gasteiger partial charge in [-0.15, -0.1) is 0 Å². The summed E-state index contributed by atoms with van der Waals surface area (Å²) < 4.78 is 32.5. The van der Waals surface area contributed by atoms with Gasteiger partial charge >= 0.3 is 0 Å². The van der Waals surface area contributed by atoms with Gasteiger partial charge in [-0.25, -0.2) is 8.42 Å². The molecule has 1 aliphatic rings. The molecule has 8 heteroatoms. The highest BCUT2D eigenvalue weighted by Crippen LogP contribution is 2.19. The van der Waals surface area contributed by atoms with E-state index in [1.165, 1.54) is 4.31 Å². The zero-order valence-corrected chi connectivity index (χ0v) is 18.0. The van der Waals surface area contributed by atoms with Gasteiger partial charge in [0.15, 0.2) is 0 Å². The predicted molar refractivity (Wildman–Crippen MR) is 113 cm³/mol. The Morgan fingerprint density at radius 3 is 2.24 bits per heavy atom. The Kier molecular flexibility index (Phi) is 7.16. The molecule has 2 aromatic carbocycles. The molecule has 156 valence electrons. The fraction of sp³-hybridized carbons (Fsp3) is 0.381. The number of amides is 1. The molecule has 1 amide bonds. The van der Waals surface area contributed by atoms with Gasteiger partial charge in [0.2, 0.25) is 15.9 Å². The van der Waals surface area contributed by atoms with Crippen molar-refractivity contribution in [3.8, 4) is 5.75 Å². The highest BCUT2D eigenvalue weighted by molar-refractivity contribution is 7.89. The van der Waals surface area contributed by atoms with Gasteiger partial charge in [0.1, 0.15) is 5.75 Å². The van der Waals surface area contributed by atoms with E-state index in [1.807, 2.05) is 6.92 Å². The minimum atomic E-state index is -3.52. The van der Waals surface area contributed by atoms with Crippen LogP contribution in [-0.2, 0) is 14.8 Å². The van der Waals surface area contributed by atoms with E-state index in [0.29, 0.717) is 55.5 Å². The lowest BCUT2D eigenvalue weighted by Gasteiger charge is -2.34. The Balaban J connectivity index is 1.43. The first-order chi connectivity index (χ1) is 13.9. The monoisotopic (exact) mass is 436 g/mol. The number of hydrogen-bond donors (Lipinski definition) is 0. The van der Waals surface area contributed by atoms with E-state index in [4.69, 9.17) is 16.3 Å². The van der Waals surface area contributed by atoms with Crippen LogP contribution in [0.5, 0.6) is 5.75 Å². The summed E-state index contributed by atoms with van der Waals surface area (Å²) in [5.74, 6) is 0.744. The second-order valence-electron chi connectivity index (χ2n) is 7.00. The number of piperazine rings is 1. The van der Waals surface area contributed by atoms with Crippen molar-refractivity contribution in [1.82, 2.24) is 9.21 Å². The summed E-state index contributed by atoms with van der Waals surface area (Å²) >= 11 is 5.83. The van der Waals surface area contributed by atoms with Crippen LogP contribution in [0.25, 0.3) is 0 Å². The lowest BCUT2D eigenvalue weighted by atomic mass is 10.2. The van der Waals surface area contributed by atoms with Crippen LogP contribution in [0.1, 0.15) is 18.4 Å². The maximum absolute atomic E-state index is 12.7. The van der Waals surface area contributed by atoms with Crippen molar-refractivity contribution in [1.29, 1.82) is 0 Å². The van der Waals surface area contributed by atoms with Gasteiger partial charge in [-0.2, -0.15) is 4.31 Å². The van der Waals surface area contributed by atoms with E-state index in [9.17, 15) is 13.2 Å². The normalized spacial score (nSPS) is 15.3. The van der Waals surface area contributed by atoms with Crippen molar-refractivity contribution < 1.29 is 17.9 Å². The van der Waals surface area contributed by atoms with Crippen LogP contribution in [0, 0.1) is 6.92 Å². The van der Waals surface area contributed by atoms with E-state index >= 15 is 0 Å². The van der Waals surface area contributed by atoms with Gasteiger partial charge in [-0.1, -0.05) is 29.3 Å². The van der Waals surface area contributed by atoms with Crippen LogP contribution < -0.4 is 4.74 Å². The summed E-state index contributed by atoms with van der Waals surface area (Å²) in [6.45, 7) is 3.78. The first-order valence-electron chi connectivity index (χ1n) is 9.59. The average molecular weight is 437 g/mol. The van der Waals surface area contributed by atoms with Crippen LogP contribution in [0.3, 0.4) is 0 Å². The Morgan fingerprint density at radius 1 is 1.00 bits per heavy atom. The molecule has 2 aromatic rings. The predicted octanol–water partition coefficient (Wildman–Crippen LogP) is 3.34. The number of halogens is 1. The van der Waals surface area contributed by atoms with Crippen molar-refractivity contribution in [2.75, 3.05) is 32.8 Å². The summed E-state index contributed by atoms with van der Waals surface area (Å²) in [4.78, 5) is 14.4. The van der Waals surface area contributed by atoms with Gasteiger partial charge in [-0.3, -0.25) is 4.79 Å². The second kappa shape index (κ2) is 9.61. The Bertz CT molecular complexity index is 922. The van der Waals surface area contributed by atoms with Crippen LogP contribution in [0.15, 0.2) is 53.4 Å². The van der Waals surface area contributed by atoms with E-state index in [0.717, 1.165) is 11.3 Å². The summed E-state index contributed by atoms with van der Waals surface area (Å²) in [6, 6.07) is 13.9. The molecule has 29 heavy (non-hydrogen) atoms. The fourth-order valence-electron chi connectivity index (χ4n) is 3.14. The van der Waals surface area contributed by atoms with E-state index < -0.39 is 10.0 Å². The number of aryl methyl sites for hydroxylation is 1. The molecule has 0 unspecified atom stereocenters. The molecule has 0 N–H and O–H groups in total. The first kappa shape index (κ1) is 21.6. The van der Waals surface area contributed by atoms with Crippen molar-refractivity contribution >= 4 is 27.5 Å². The van der Waals surface area contributed by atoms with Crippen LogP contribution in [0.2, 0.25) is 5.02 Å². The summed E-state index contributed by atoms with van der Waals surface area (Å²) in [5, 5.41) is 0.649. The lowest BCUT2D eigenvalue weighted by molar-refractivity contribution is -0.132. The maximum Gasteiger partial charge on any atom is 0.243 e. The van der Waals surface area contributed by atoms with Gasteiger partial charge in [0.05, 0.1) is 11.5 Å². The first-order valence-corrected chi connectivity index (χ1v) is 11.4. The Morgan fingerprint density at radius 2 is 1.62 bits per heavy atom. The summed E-state index contributed by atoms with van der Waals surface area (Å²) in [5.41, 5.74) is 1.01.